The Kier molecular flexibility index (Phi) is 7.12. The van der Waals surface area contributed by atoms with Crippen LogP contribution in [0.5, 0.6) is 5.75 Å². The van der Waals surface area contributed by atoms with Crippen molar-refractivity contribution in [3.05, 3.63) is 77.9 Å². The molecule has 6 heteroatoms. The second kappa shape index (κ2) is 9.74. The summed E-state index contributed by atoms with van der Waals surface area (Å²) in [5, 5.41) is 12.1. The lowest BCUT2D eigenvalue weighted by Crippen LogP contribution is -2.21. The summed E-state index contributed by atoms with van der Waals surface area (Å²) in [7, 11) is 3.33. The Balaban J connectivity index is 2.18. The quantitative estimate of drug-likeness (QED) is 0.456. The van der Waals surface area contributed by atoms with Crippen LogP contribution >= 0.6 is 0 Å². The van der Waals surface area contributed by atoms with Gasteiger partial charge >= 0.3 is 0 Å². The molecule has 2 amide bonds. The highest BCUT2D eigenvalue weighted by molar-refractivity contribution is 6.10. The van der Waals surface area contributed by atoms with Crippen molar-refractivity contribution in [3.8, 4) is 11.8 Å². The highest BCUT2D eigenvalue weighted by Crippen LogP contribution is 2.21. The molecular formula is C22H21N3O3. The molecule has 0 aliphatic carbocycles. The smallest absolute Gasteiger partial charge is 0.266 e. The van der Waals surface area contributed by atoms with Crippen LogP contribution in [0.1, 0.15) is 15.9 Å². The lowest BCUT2D eigenvalue weighted by Gasteiger charge is -2.11. The Morgan fingerprint density at radius 1 is 1.18 bits per heavy atom. The summed E-state index contributed by atoms with van der Waals surface area (Å²) in [6.07, 6.45) is 3.08. The van der Waals surface area contributed by atoms with Gasteiger partial charge in [0.25, 0.3) is 11.8 Å². The van der Waals surface area contributed by atoms with Gasteiger partial charge in [0.15, 0.2) is 0 Å². The van der Waals surface area contributed by atoms with Crippen molar-refractivity contribution in [3.63, 3.8) is 0 Å². The molecule has 0 aliphatic rings. The second-order valence-electron chi connectivity index (χ2n) is 6.04. The number of para-hydroxylation sites is 1. The van der Waals surface area contributed by atoms with Gasteiger partial charge in [0.2, 0.25) is 0 Å². The van der Waals surface area contributed by atoms with Crippen LogP contribution in [0.25, 0.3) is 6.08 Å². The summed E-state index contributed by atoms with van der Waals surface area (Å²) >= 11 is 0. The third kappa shape index (κ3) is 5.32. The van der Waals surface area contributed by atoms with Crippen LogP contribution in [0.2, 0.25) is 0 Å². The first kappa shape index (κ1) is 20.5. The topological polar surface area (TPSA) is 82.4 Å². The summed E-state index contributed by atoms with van der Waals surface area (Å²) in [6.45, 7) is 3.92. The van der Waals surface area contributed by atoms with Gasteiger partial charge in [0, 0.05) is 30.9 Å². The summed E-state index contributed by atoms with van der Waals surface area (Å²) in [5.74, 6) is -0.131. The lowest BCUT2D eigenvalue weighted by molar-refractivity contribution is -0.112. The van der Waals surface area contributed by atoms with Crippen molar-refractivity contribution >= 4 is 23.6 Å². The molecule has 0 heterocycles. The molecule has 0 unspecified atom stereocenters. The van der Waals surface area contributed by atoms with E-state index in [1.54, 1.807) is 68.7 Å². The molecule has 0 saturated heterocycles. The number of carbonyl (C=O) groups is 2. The van der Waals surface area contributed by atoms with Gasteiger partial charge in [0.1, 0.15) is 24.0 Å². The molecule has 28 heavy (non-hydrogen) atoms. The molecule has 2 aromatic rings. The van der Waals surface area contributed by atoms with E-state index in [0.717, 1.165) is 0 Å². The van der Waals surface area contributed by atoms with Gasteiger partial charge in [-0.1, -0.05) is 30.9 Å². The normalized spacial score (nSPS) is 10.5. The summed E-state index contributed by atoms with van der Waals surface area (Å²) in [5.41, 5.74) is 1.54. The minimum Gasteiger partial charge on any atom is -0.489 e. The molecule has 0 bridgehead atoms. The minimum atomic E-state index is -0.548. The maximum atomic E-state index is 12.5. The maximum absolute atomic E-state index is 12.5. The van der Waals surface area contributed by atoms with Gasteiger partial charge in [-0.3, -0.25) is 9.59 Å². The highest BCUT2D eigenvalue weighted by Gasteiger charge is 2.12. The fourth-order valence-electron chi connectivity index (χ4n) is 2.34. The van der Waals surface area contributed by atoms with Crippen molar-refractivity contribution in [1.82, 2.24) is 4.90 Å². The van der Waals surface area contributed by atoms with Crippen molar-refractivity contribution in [2.24, 2.45) is 0 Å². The van der Waals surface area contributed by atoms with Crippen LogP contribution in [-0.2, 0) is 4.79 Å². The molecule has 0 aliphatic heterocycles. The zero-order valence-corrected chi connectivity index (χ0v) is 15.8. The molecule has 0 atom stereocenters. The molecule has 0 fully saturated rings. The number of ether oxygens (including phenoxy) is 1. The number of hydrogen-bond donors (Lipinski definition) is 1. The average molecular weight is 375 g/mol. The molecule has 2 rings (SSSR count). The molecule has 0 aromatic heterocycles. The standard InChI is InChI=1S/C22H21N3O3/c1-4-13-28-20-8-6-5-7-17(20)14-18(15-23)21(26)24-19-11-9-16(10-12-19)22(27)25(2)3/h4-12,14H,1,13H2,2-3H3,(H,24,26)/b18-14+. The Labute approximate surface area is 164 Å². The third-order valence-electron chi connectivity index (χ3n) is 3.74. The number of hydrogen-bond acceptors (Lipinski definition) is 4. The Morgan fingerprint density at radius 2 is 1.86 bits per heavy atom. The third-order valence-corrected chi connectivity index (χ3v) is 3.74. The van der Waals surface area contributed by atoms with E-state index < -0.39 is 5.91 Å². The van der Waals surface area contributed by atoms with Gasteiger partial charge in [0.05, 0.1) is 0 Å². The number of amides is 2. The summed E-state index contributed by atoms with van der Waals surface area (Å²) in [6, 6.07) is 15.5. The monoisotopic (exact) mass is 375 g/mol. The number of carbonyl (C=O) groups excluding carboxylic acids is 2. The Morgan fingerprint density at radius 3 is 2.46 bits per heavy atom. The first-order valence-corrected chi connectivity index (χ1v) is 8.54. The maximum Gasteiger partial charge on any atom is 0.266 e. The predicted octanol–water partition coefficient (Wildman–Crippen LogP) is 3.50. The van der Waals surface area contributed by atoms with Crippen LogP contribution in [0.3, 0.4) is 0 Å². The van der Waals surface area contributed by atoms with Crippen LogP contribution in [0.15, 0.2) is 66.8 Å². The van der Waals surface area contributed by atoms with Gasteiger partial charge in [-0.2, -0.15) is 5.26 Å². The molecule has 142 valence electrons. The van der Waals surface area contributed by atoms with Crippen molar-refractivity contribution in [2.45, 2.75) is 0 Å². The van der Waals surface area contributed by atoms with E-state index >= 15 is 0 Å². The Bertz CT molecular complexity index is 938. The number of nitrogens with one attached hydrogen (secondary N) is 1. The van der Waals surface area contributed by atoms with Gasteiger partial charge in [-0.05, 0) is 36.4 Å². The second-order valence-corrected chi connectivity index (χ2v) is 6.04. The lowest BCUT2D eigenvalue weighted by atomic mass is 10.1. The number of anilines is 1. The molecule has 0 spiro atoms. The molecule has 6 nitrogen and oxygen atoms in total. The van der Waals surface area contributed by atoms with E-state index in [4.69, 9.17) is 4.74 Å². The summed E-state index contributed by atoms with van der Waals surface area (Å²) in [4.78, 5) is 25.8. The van der Waals surface area contributed by atoms with Crippen LogP contribution < -0.4 is 10.1 Å². The fraction of sp³-hybridized carbons (Fsp3) is 0.136. The first-order chi connectivity index (χ1) is 13.5. The molecule has 0 saturated carbocycles. The minimum absolute atomic E-state index is 0.0666. The van der Waals surface area contributed by atoms with E-state index in [2.05, 4.69) is 11.9 Å². The number of nitriles is 1. The largest absolute Gasteiger partial charge is 0.489 e. The van der Waals surface area contributed by atoms with Gasteiger partial charge < -0.3 is 15.0 Å². The zero-order valence-electron chi connectivity index (χ0n) is 15.8. The summed E-state index contributed by atoms with van der Waals surface area (Å²) < 4.78 is 5.54. The van der Waals surface area contributed by atoms with E-state index in [-0.39, 0.29) is 11.5 Å². The van der Waals surface area contributed by atoms with Crippen LogP contribution in [-0.4, -0.2) is 37.4 Å². The van der Waals surface area contributed by atoms with Crippen molar-refractivity contribution < 1.29 is 14.3 Å². The Hall–Kier alpha value is -3.85. The van der Waals surface area contributed by atoms with Gasteiger partial charge in [-0.15, -0.1) is 0 Å². The SMILES string of the molecule is C=CCOc1ccccc1/C=C(\C#N)C(=O)Nc1ccc(C(=O)N(C)C)cc1. The number of nitrogens with zero attached hydrogens (tertiary/aromatic N) is 2. The van der Waals surface area contributed by atoms with Crippen molar-refractivity contribution in [1.29, 1.82) is 5.26 Å². The predicted molar refractivity (Wildman–Crippen MR) is 109 cm³/mol. The van der Waals surface area contributed by atoms with E-state index in [0.29, 0.717) is 29.2 Å². The first-order valence-electron chi connectivity index (χ1n) is 8.54. The molecule has 2 aromatic carbocycles. The van der Waals surface area contributed by atoms with E-state index in [1.807, 2.05) is 6.07 Å². The fourth-order valence-corrected chi connectivity index (χ4v) is 2.34. The van der Waals surface area contributed by atoms with E-state index in [1.165, 1.54) is 11.0 Å². The number of benzene rings is 2. The average Bonchev–Trinajstić information content (AvgIpc) is 2.71. The highest BCUT2D eigenvalue weighted by atomic mass is 16.5. The zero-order chi connectivity index (χ0) is 20.5. The van der Waals surface area contributed by atoms with E-state index in [9.17, 15) is 14.9 Å². The molecular weight excluding hydrogens is 354 g/mol. The molecule has 0 radical (unpaired) electrons. The van der Waals surface area contributed by atoms with Crippen molar-refractivity contribution in [2.75, 3.05) is 26.0 Å². The number of rotatable bonds is 7. The van der Waals surface area contributed by atoms with Crippen LogP contribution in [0, 0.1) is 11.3 Å². The van der Waals surface area contributed by atoms with Gasteiger partial charge in [-0.25, -0.2) is 0 Å². The van der Waals surface area contributed by atoms with Crippen LogP contribution in [0.4, 0.5) is 5.69 Å². The molecule has 1 N–H and O–H groups in total.